The summed E-state index contributed by atoms with van der Waals surface area (Å²) in [5, 5.41) is 12.3. The Labute approximate surface area is 108 Å². The Morgan fingerprint density at radius 3 is 2.78 bits per heavy atom. The minimum atomic E-state index is 0.441. The van der Waals surface area contributed by atoms with Crippen LogP contribution in [0.5, 0.6) is 0 Å². The van der Waals surface area contributed by atoms with Crippen molar-refractivity contribution in [1.29, 1.82) is 5.26 Å². The molecule has 0 amide bonds. The summed E-state index contributed by atoms with van der Waals surface area (Å²) >= 11 is 0. The Kier molecular flexibility index (Phi) is 4.03. The van der Waals surface area contributed by atoms with E-state index in [1.165, 1.54) is 19.3 Å². The average molecular weight is 244 g/mol. The highest BCUT2D eigenvalue weighted by Crippen LogP contribution is 2.29. The summed E-state index contributed by atoms with van der Waals surface area (Å²) in [6.45, 7) is 2.26. The minimum absolute atomic E-state index is 0.441. The van der Waals surface area contributed by atoms with Crippen LogP contribution in [0.1, 0.15) is 44.6 Å². The molecule has 18 heavy (non-hydrogen) atoms. The highest BCUT2D eigenvalue weighted by atomic mass is 15.0. The second kappa shape index (κ2) is 5.72. The minimum Gasteiger partial charge on any atom is -0.395 e. The molecule has 96 valence electrons. The van der Waals surface area contributed by atoms with E-state index >= 15 is 0 Å². The Morgan fingerprint density at radius 2 is 2.17 bits per heavy atom. The van der Waals surface area contributed by atoms with Crippen molar-refractivity contribution in [2.45, 2.75) is 45.1 Å². The first-order valence-electron chi connectivity index (χ1n) is 6.65. The molecule has 2 rings (SSSR count). The smallest absolute Gasteiger partial charge is 0.150 e. The van der Waals surface area contributed by atoms with Crippen molar-refractivity contribution in [3.8, 4) is 6.07 Å². The summed E-state index contributed by atoms with van der Waals surface area (Å²) in [5.74, 6) is 1.53. The van der Waals surface area contributed by atoms with Gasteiger partial charge in [-0.05, 0) is 37.7 Å². The fourth-order valence-electron chi connectivity index (χ4n) is 2.59. The Morgan fingerprint density at radius 1 is 1.44 bits per heavy atom. The van der Waals surface area contributed by atoms with Gasteiger partial charge in [-0.15, -0.1) is 0 Å². The van der Waals surface area contributed by atoms with Crippen molar-refractivity contribution in [3.05, 3.63) is 17.8 Å². The number of aromatic nitrogens is 1. The molecule has 4 nitrogen and oxygen atoms in total. The van der Waals surface area contributed by atoms with Crippen molar-refractivity contribution in [2.75, 3.05) is 11.1 Å². The highest BCUT2D eigenvalue weighted by Gasteiger charge is 2.20. The summed E-state index contributed by atoms with van der Waals surface area (Å²) in [7, 11) is 0. The normalized spacial score (nSPS) is 23.3. The van der Waals surface area contributed by atoms with Crippen molar-refractivity contribution in [1.82, 2.24) is 4.98 Å². The highest BCUT2D eigenvalue weighted by molar-refractivity contribution is 5.69. The SMILES string of the molecule is CCC1CCC(Nc2nccc(C#N)c2N)CC1. The molecule has 3 N–H and O–H groups in total. The van der Waals surface area contributed by atoms with E-state index in [-0.39, 0.29) is 0 Å². The molecule has 1 aliphatic rings. The summed E-state index contributed by atoms with van der Waals surface area (Å²) in [5.41, 5.74) is 6.88. The predicted molar refractivity (Wildman–Crippen MR) is 73.0 cm³/mol. The molecule has 1 aromatic rings. The first kappa shape index (κ1) is 12.7. The predicted octanol–water partition coefficient (Wildman–Crippen LogP) is 2.92. The first-order valence-corrected chi connectivity index (χ1v) is 6.65. The van der Waals surface area contributed by atoms with Crippen molar-refractivity contribution < 1.29 is 0 Å². The molecule has 0 aliphatic heterocycles. The van der Waals surface area contributed by atoms with Crippen molar-refractivity contribution >= 4 is 11.5 Å². The van der Waals surface area contributed by atoms with Crippen LogP contribution in [0.2, 0.25) is 0 Å². The molecule has 0 spiro atoms. The topological polar surface area (TPSA) is 74.7 Å². The van der Waals surface area contributed by atoms with Crippen LogP contribution in [0.25, 0.3) is 0 Å². The summed E-state index contributed by atoms with van der Waals surface area (Å²) < 4.78 is 0. The third-order valence-corrected chi connectivity index (χ3v) is 3.88. The van der Waals surface area contributed by atoms with Crippen LogP contribution in [0.3, 0.4) is 0 Å². The average Bonchev–Trinajstić information content (AvgIpc) is 2.42. The monoisotopic (exact) mass is 244 g/mol. The van der Waals surface area contributed by atoms with Crippen LogP contribution >= 0.6 is 0 Å². The Hall–Kier alpha value is -1.76. The van der Waals surface area contributed by atoms with Crippen molar-refractivity contribution in [2.24, 2.45) is 5.92 Å². The van der Waals surface area contributed by atoms with Gasteiger partial charge in [0.1, 0.15) is 6.07 Å². The number of rotatable bonds is 3. The lowest BCUT2D eigenvalue weighted by molar-refractivity contribution is 0.330. The number of nitrogen functional groups attached to an aromatic ring is 1. The van der Waals surface area contributed by atoms with Crippen LogP contribution in [0.4, 0.5) is 11.5 Å². The van der Waals surface area contributed by atoms with E-state index in [0.717, 1.165) is 18.8 Å². The first-order chi connectivity index (χ1) is 8.74. The molecule has 0 bridgehead atoms. The maximum Gasteiger partial charge on any atom is 0.150 e. The molecule has 0 saturated heterocycles. The molecular formula is C14H20N4. The van der Waals surface area contributed by atoms with E-state index < -0.39 is 0 Å². The molecule has 4 heteroatoms. The van der Waals surface area contributed by atoms with E-state index in [9.17, 15) is 0 Å². The molecule has 0 radical (unpaired) electrons. The molecule has 1 aliphatic carbocycles. The van der Waals surface area contributed by atoms with Gasteiger partial charge in [0.05, 0.1) is 11.3 Å². The molecule has 0 unspecified atom stereocenters. The number of nitrogens with one attached hydrogen (secondary N) is 1. The molecule has 1 saturated carbocycles. The fourth-order valence-corrected chi connectivity index (χ4v) is 2.59. The second-order valence-corrected chi connectivity index (χ2v) is 5.00. The standard InChI is InChI=1S/C14H20N4/c1-2-10-3-5-12(6-4-10)18-14-13(16)11(9-15)7-8-17-14/h7-8,10,12H,2-6,16H2,1H3,(H,17,18). The molecule has 1 fully saturated rings. The number of anilines is 2. The quantitative estimate of drug-likeness (QED) is 0.857. The fraction of sp³-hybridized carbons (Fsp3) is 0.571. The van der Waals surface area contributed by atoms with Gasteiger partial charge < -0.3 is 11.1 Å². The Bertz CT molecular complexity index is 442. The van der Waals surface area contributed by atoms with Gasteiger partial charge in [0.15, 0.2) is 5.82 Å². The number of hydrogen-bond donors (Lipinski definition) is 2. The number of nitrogens with zero attached hydrogens (tertiary/aromatic N) is 2. The summed E-state index contributed by atoms with van der Waals surface area (Å²) in [6, 6.07) is 4.17. The number of nitriles is 1. The number of hydrogen-bond acceptors (Lipinski definition) is 4. The summed E-state index contributed by atoms with van der Waals surface area (Å²) in [4.78, 5) is 4.23. The maximum atomic E-state index is 8.93. The lowest BCUT2D eigenvalue weighted by Crippen LogP contribution is -2.26. The van der Waals surface area contributed by atoms with Crippen LogP contribution in [-0.4, -0.2) is 11.0 Å². The van der Waals surface area contributed by atoms with Crippen LogP contribution in [0.15, 0.2) is 12.3 Å². The van der Waals surface area contributed by atoms with Crippen molar-refractivity contribution in [3.63, 3.8) is 0 Å². The van der Waals surface area contributed by atoms with Gasteiger partial charge in [-0.2, -0.15) is 5.26 Å². The van der Waals surface area contributed by atoms with Gasteiger partial charge in [-0.25, -0.2) is 4.98 Å². The van der Waals surface area contributed by atoms with Gasteiger partial charge in [-0.3, -0.25) is 0 Å². The molecule has 1 heterocycles. The number of nitrogens with two attached hydrogens (primary N) is 1. The van der Waals surface area contributed by atoms with E-state index in [1.807, 2.05) is 0 Å². The van der Waals surface area contributed by atoms with Gasteiger partial charge in [0.2, 0.25) is 0 Å². The van der Waals surface area contributed by atoms with Crippen LogP contribution in [0, 0.1) is 17.2 Å². The largest absolute Gasteiger partial charge is 0.395 e. The zero-order valence-electron chi connectivity index (χ0n) is 10.8. The van der Waals surface area contributed by atoms with Gasteiger partial charge in [-0.1, -0.05) is 13.3 Å². The van der Waals surface area contributed by atoms with Gasteiger partial charge in [0, 0.05) is 12.2 Å². The summed E-state index contributed by atoms with van der Waals surface area (Å²) in [6.07, 6.45) is 7.77. The zero-order valence-corrected chi connectivity index (χ0v) is 10.8. The lowest BCUT2D eigenvalue weighted by Gasteiger charge is -2.29. The van der Waals surface area contributed by atoms with Gasteiger partial charge >= 0.3 is 0 Å². The Balaban J connectivity index is 2.01. The zero-order chi connectivity index (χ0) is 13.0. The van der Waals surface area contributed by atoms with Gasteiger partial charge in [0.25, 0.3) is 0 Å². The van der Waals surface area contributed by atoms with E-state index in [4.69, 9.17) is 11.0 Å². The lowest BCUT2D eigenvalue weighted by atomic mass is 9.84. The van der Waals surface area contributed by atoms with Crippen LogP contribution < -0.4 is 11.1 Å². The number of pyridine rings is 1. The van der Waals surface area contributed by atoms with Crippen LogP contribution in [-0.2, 0) is 0 Å². The second-order valence-electron chi connectivity index (χ2n) is 5.00. The van der Waals surface area contributed by atoms with E-state index in [2.05, 4.69) is 23.3 Å². The van der Waals surface area contributed by atoms with E-state index in [0.29, 0.717) is 23.1 Å². The van der Waals surface area contributed by atoms with E-state index in [1.54, 1.807) is 12.3 Å². The third kappa shape index (κ3) is 2.73. The maximum absolute atomic E-state index is 8.93. The molecule has 0 atom stereocenters. The molecule has 1 aromatic heterocycles. The molecule has 0 aromatic carbocycles. The third-order valence-electron chi connectivity index (χ3n) is 3.88. The molecular weight excluding hydrogens is 224 g/mol.